The second-order valence-electron chi connectivity index (χ2n) is 12.7. The van der Waals surface area contributed by atoms with Crippen LogP contribution in [0.1, 0.15) is 16.7 Å². The molecule has 0 amide bonds. The first kappa shape index (κ1) is 35.8. The Morgan fingerprint density at radius 3 is 1.62 bits per heavy atom. The summed E-state index contributed by atoms with van der Waals surface area (Å²) in [5.41, 5.74) is 13.5. The van der Waals surface area contributed by atoms with Crippen molar-refractivity contribution in [3.8, 4) is 62.2 Å². The number of allylic oxidation sites excluding steroid dienone is 3. The van der Waals surface area contributed by atoms with Gasteiger partial charge in [0, 0.05) is 34.9 Å². The van der Waals surface area contributed by atoms with Gasteiger partial charge in [0.15, 0.2) is 5.82 Å². The van der Waals surface area contributed by atoms with Crippen molar-refractivity contribution in [2.45, 2.75) is 0 Å². The quantitative estimate of drug-likeness (QED) is 0.0992. The molecule has 0 unspecified atom stereocenters. The van der Waals surface area contributed by atoms with Gasteiger partial charge in [-0.15, -0.1) is 0 Å². The normalized spacial score (nSPS) is 11.8. The number of nitrogens with zero attached hydrogens (tertiary/aromatic N) is 5. The van der Waals surface area contributed by atoms with Gasteiger partial charge in [0.1, 0.15) is 0 Å². The van der Waals surface area contributed by atoms with E-state index in [2.05, 4.69) is 110 Å². The van der Waals surface area contributed by atoms with Crippen LogP contribution in [0.15, 0.2) is 211 Å². The molecule has 0 saturated carbocycles. The second kappa shape index (κ2) is 16.9. The summed E-state index contributed by atoms with van der Waals surface area (Å²) >= 11 is 0. The fourth-order valence-corrected chi connectivity index (χ4v) is 6.33. The maximum Gasteiger partial charge on any atom is 0.160 e. The predicted octanol–water partition coefficient (Wildman–Crippen LogP) is 11.8. The van der Waals surface area contributed by atoms with Gasteiger partial charge >= 0.3 is 0 Å². The molecule has 7 rings (SSSR count). The van der Waals surface area contributed by atoms with Crippen molar-refractivity contribution in [3.05, 3.63) is 218 Å². The first-order valence-corrected chi connectivity index (χ1v) is 17.9. The van der Waals surface area contributed by atoms with Crippen molar-refractivity contribution < 1.29 is 0 Å². The van der Waals surface area contributed by atoms with E-state index >= 15 is 0 Å². The lowest BCUT2D eigenvalue weighted by atomic mass is 9.95. The van der Waals surface area contributed by atoms with Crippen molar-refractivity contribution in [2.24, 2.45) is 9.98 Å². The summed E-state index contributed by atoms with van der Waals surface area (Å²) < 4.78 is 0. The Labute approximate surface area is 322 Å². The molecule has 0 atom stereocenters. The fraction of sp³-hybridized carbons (Fsp3) is 0.0200. The Morgan fingerprint density at radius 1 is 0.545 bits per heavy atom. The molecule has 0 N–H and O–H groups in total. The van der Waals surface area contributed by atoms with E-state index in [1.54, 1.807) is 19.2 Å². The Morgan fingerprint density at radius 2 is 1.05 bits per heavy atom. The highest BCUT2D eigenvalue weighted by Gasteiger charge is 2.16. The first-order chi connectivity index (χ1) is 27.1. The van der Waals surface area contributed by atoms with Crippen molar-refractivity contribution in [1.29, 1.82) is 5.26 Å². The summed E-state index contributed by atoms with van der Waals surface area (Å²) in [6, 6.07) is 57.2. The summed E-state index contributed by atoms with van der Waals surface area (Å²) in [5.74, 6) is 0.681. The molecule has 0 fully saturated rings. The SMILES string of the molecule is C=C/C=C(\C=C)N=C(C(=NC)c1ccc(-c2ccc(C#N)cc2)cc1)c1ccc(-c2cccc(-c3cc(-c4ccccc4)nc(-c4ccccc4)n3)c2)cc1. The lowest BCUT2D eigenvalue weighted by Gasteiger charge is -2.13. The smallest absolute Gasteiger partial charge is 0.160 e. The zero-order valence-electron chi connectivity index (χ0n) is 30.5. The lowest BCUT2D eigenvalue weighted by Crippen LogP contribution is -2.17. The Balaban J connectivity index is 1.23. The molecule has 5 nitrogen and oxygen atoms in total. The summed E-state index contributed by atoms with van der Waals surface area (Å²) in [6.07, 6.45) is 5.24. The van der Waals surface area contributed by atoms with Gasteiger partial charge in [-0.1, -0.05) is 159 Å². The second-order valence-corrected chi connectivity index (χ2v) is 12.7. The van der Waals surface area contributed by atoms with Crippen LogP contribution in [0.2, 0.25) is 0 Å². The van der Waals surface area contributed by atoms with E-state index in [1.807, 2.05) is 78.9 Å². The van der Waals surface area contributed by atoms with Crippen molar-refractivity contribution in [1.82, 2.24) is 9.97 Å². The molecule has 1 heterocycles. The molecule has 0 aliphatic rings. The third-order valence-electron chi connectivity index (χ3n) is 9.17. The highest BCUT2D eigenvalue weighted by atomic mass is 14.9. The maximum atomic E-state index is 9.20. The zero-order chi connectivity index (χ0) is 38.0. The monoisotopic (exact) mass is 707 g/mol. The van der Waals surface area contributed by atoms with Crippen LogP contribution >= 0.6 is 0 Å². The summed E-state index contributed by atoms with van der Waals surface area (Å²) in [6.45, 7) is 7.85. The first-order valence-electron chi connectivity index (χ1n) is 17.9. The third kappa shape index (κ3) is 8.25. The standard InChI is InChI=1S/C50H37N5/c1-4-13-45(5-2)53-49(48(52-3)40-28-24-37(25-29-40)36-22-20-35(34-51)21-23-36)41-30-26-38(27-31-41)43-18-12-19-44(32-43)47-33-46(39-14-8-6-9-15-39)54-50(55-47)42-16-10-7-11-17-42/h4-33H,1-2H2,3H3/b45-13+,52-48?,53-49?. The van der Waals surface area contributed by atoms with Crippen molar-refractivity contribution in [3.63, 3.8) is 0 Å². The van der Waals surface area contributed by atoms with Gasteiger partial charge in [-0.3, -0.25) is 4.99 Å². The van der Waals surface area contributed by atoms with E-state index in [0.717, 1.165) is 67.2 Å². The van der Waals surface area contributed by atoms with Crippen LogP contribution in [0.25, 0.3) is 56.2 Å². The van der Waals surface area contributed by atoms with E-state index < -0.39 is 0 Å². The molecule has 55 heavy (non-hydrogen) atoms. The average molecular weight is 708 g/mol. The van der Waals surface area contributed by atoms with E-state index in [-0.39, 0.29) is 0 Å². The van der Waals surface area contributed by atoms with Gasteiger partial charge in [0.25, 0.3) is 0 Å². The lowest BCUT2D eigenvalue weighted by molar-refractivity contribution is 1.18. The van der Waals surface area contributed by atoms with Crippen LogP contribution in [0, 0.1) is 11.3 Å². The molecule has 0 radical (unpaired) electrons. The highest BCUT2D eigenvalue weighted by molar-refractivity contribution is 6.53. The zero-order valence-corrected chi connectivity index (χ0v) is 30.5. The number of rotatable bonds is 11. The van der Waals surface area contributed by atoms with E-state index in [1.165, 1.54) is 0 Å². The van der Waals surface area contributed by atoms with Crippen LogP contribution in [-0.2, 0) is 0 Å². The van der Waals surface area contributed by atoms with Crippen LogP contribution in [0.3, 0.4) is 0 Å². The number of aromatic nitrogens is 2. The molecule has 6 aromatic carbocycles. The molecule has 0 bridgehead atoms. The molecule has 5 heteroatoms. The van der Waals surface area contributed by atoms with Gasteiger partial charge in [-0.05, 0) is 58.7 Å². The van der Waals surface area contributed by atoms with Crippen LogP contribution in [0.4, 0.5) is 0 Å². The summed E-state index contributed by atoms with van der Waals surface area (Å²) in [7, 11) is 1.78. The highest BCUT2D eigenvalue weighted by Crippen LogP contribution is 2.31. The molecule has 262 valence electrons. The summed E-state index contributed by atoms with van der Waals surface area (Å²) in [4.78, 5) is 19.8. The molecule has 0 aliphatic carbocycles. The molecule has 0 aliphatic heterocycles. The van der Waals surface area contributed by atoms with Crippen LogP contribution < -0.4 is 0 Å². The average Bonchev–Trinajstić information content (AvgIpc) is 3.27. The third-order valence-corrected chi connectivity index (χ3v) is 9.17. The molecule has 0 saturated heterocycles. The van der Waals surface area contributed by atoms with Gasteiger partial charge < -0.3 is 0 Å². The van der Waals surface area contributed by atoms with E-state index in [4.69, 9.17) is 20.0 Å². The molecule has 1 aromatic heterocycles. The number of nitriles is 1. The van der Waals surface area contributed by atoms with Gasteiger partial charge in [-0.25, -0.2) is 15.0 Å². The minimum absolute atomic E-state index is 0.631. The van der Waals surface area contributed by atoms with E-state index in [9.17, 15) is 5.26 Å². The van der Waals surface area contributed by atoms with Crippen LogP contribution in [0.5, 0.6) is 0 Å². The summed E-state index contributed by atoms with van der Waals surface area (Å²) in [5, 5.41) is 9.20. The Kier molecular flexibility index (Phi) is 11.0. The Bertz CT molecular complexity index is 2530. The van der Waals surface area contributed by atoms with Crippen molar-refractivity contribution in [2.75, 3.05) is 7.05 Å². The molecular weight excluding hydrogens is 671 g/mol. The topological polar surface area (TPSA) is 74.3 Å². The maximum absolute atomic E-state index is 9.20. The number of aliphatic imine (C=N–C) groups is 2. The number of hydrogen-bond acceptors (Lipinski definition) is 5. The van der Waals surface area contributed by atoms with Gasteiger partial charge in [0.2, 0.25) is 0 Å². The van der Waals surface area contributed by atoms with Crippen LogP contribution in [-0.4, -0.2) is 28.4 Å². The van der Waals surface area contributed by atoms with E-state index in [0.29, 0.717) is 22.8 Å². The fourth-order valence-electron chi connectivity index (χ4n) is 6.33. The minimum Gasteiger partial charge on any atom is -0.286 e. The predicted molar refractivity (Wildman–Crippen MR) is 228 cm³/mol. The molecular formula is C50H37N5. The number of benzene rings is 6. The minimum atomic E-state index is 0.631. The van der Waals surface area contributed by atoms with Gasteiger partial charge in [0.05, 0.1) is 40.1 Å². The molecule has 0 spiro atoms. The molecule has 7 aromatic rings. The largest absolute Gasteiger partial charge is 0.286 e. The van der Waals surface area contributed by atoms with Gasteiger partial charge in [-0.2, -0.15) is 5.26 Å². The number of hydrogen-bond donors (Lipinski definition) is 0. The van der Waals surface area contributed by atoms with Crippen molar-refractivity contribution >= 4 is 11.4 Å². The Hall–Kier alpha value is -7.55.